The van der Waals surface area contributed by atoms with Crippen LogP contribution in [0.25, 0.3) is 11.5 Å². The zero-order valence-electron chi connectivity index (χ0n) is 14.3. The molecule has 0 N–H and O–H groups in total. The van der Waals surface area contributed by atoms with E-state index in [1.165, 1.54) is 0 Å². The molecule has 3 heterocycles. The summed E-state index contributed by atoms with van der Waals surface area (Å²) >= 11 is 2.46. The van der Waals surface area contributed by atoms with Gasteiger partial charge in [0.1, 0.15) is 17.8 Å². The molecule has 1 aliphatic heterocycles. The van der Waals surface area contributed by atoms with Crippen molar-refractivity contribution in [3.63, 3.8) is 0 Å². The molecule has 25 heavy (non-hydrogen) atoms. The summed E-state index contributed by atoms with van der Waals surface area (Å²) in [5, 5.41) is 8.21. The van der Waals surface area contributed by atoms with Crippen molar-refractivity contribution in [2.24, 2.45) is 0 Å². The fourth-order valence-corrected chi connectivity index (χ4v) is 4.56. The smallest absolute Gasteiger partial charge is 0.319 e. The van der Waals surface area contributed by atoms with Gasteiger partial charge in [0.2, 0.25) is 0 Å². The van der Waals surface area contributed by atoms with Crippen LogP contribution < -0.4 is 4.90 Å². The van der Waals surface area contributed by atoms with Gasteiger partial charge in [0, 0.05) is 29.1 Å². The number of hydrogen-bond acceptors (Lipinski definition) is 4. The predicted octanol–water partition coefficient (Wildman–Crippen LogP) is 3.13. The molecule has 2 aromatic rings. The van der Waals surface area contributed by atoms with Crippen molar-refractivity contribution in [1.29, 1.82) is 0 Å². The van der Waals surface area contributed by atoms with Gasteiger partial charge in [0.25, 0.3) is 0 Å². The molecule has 2 aromatic heterocycles. The van der Waals surface area contributed by atoms with Crippen LogP contribution in [0.15, 0.2) is 24.5 Å². The molecule has 0 unspecified atom stereocenters. The van der Waals surface area contributed by atoms with E-state index in [1.54, 1.807) is 11.2 Å². The van der Waals surface area contributed by atoms with Crippen LogP contribution in [0.2, 0.25) is 0 Å². The molecule has 0 atom stereocenters. The minimum atomic E-state index is 0.0725. The van der Waals surface area contributed by atoms with Gasteiger partial charge in [-0.2, -0.15) is 0 Å². The Morgan fingerprint density at radius 1 is 1.24 bits per heavy atom. The molecule has 0 aromatic carbocycles. The monoisotopic (exact) mass is 452 g/mol. The summed E-state index contributed by atoms with van der Waals surface area (Å²) in [7, 11) is 0. The maximum Gasteiger partial charge on any atom is 0.326 e. The van der Waals surface area contributed by atoms with E-state index in [-0.39, 0.29) is 12.1 Å². The van der Waals surface area contributed by atoms with Gasteiger partial charge in [-0.05, 0) is 38.8 Å². The molecule has 132 valence electrons. The lowest BCUT2D eigenvalue weighted by Crippen LogP contribution is -2.47. The summed E-state index contributed by atoms with van der Waals surface area (Å²) in [6.45, 7) is 5.63. The second kappa shape index (κ2) is 6.54. The van der Waals surface area contributed by atoms with E-state index in [0.717, 1.165) is 30.9 Å². The van der Waals surface area contributed by atoms with Crippen molar-refractivity contribution >= 4 is 34.4 Å². The fourth-order valence-electron chi connectivity index (χ4n) is 3.38. The number of hydrogen-bond donors (Lipinski definition) is 0. The van der Waals surface area contributed by atoms with Gasteiger partial charge in [0.05, 0.1) is 0 Å². The minimum Gasteiger partial charge on any atom is -0.319 e. The van der Waals surface area contributed by atoms with Crippen molar-refractivity contribution in [1.82, 2.24) is 24.6 Å². The molecule has 1 saturated heterocycles. The Kier molecular flexibility index (Phi) is 4.38. The van der Waals surface area contributed by atoms with Crippen molar-refractivity contribution in [3.8, 4) is 11.5 Å². The summed E-state index contributed by atoms with van der Waals surface area (Å²) in [5.41, 5.74) is 0.742. The Hall–Kier alpha value is -1.71. The first-order valence-corrected chi connectivity index (χ1v) is 9.88. The Morgan fingerprint density at radius 3 is 2.76 bits per heavy atom. The second-order valence-corrected chi connectivity index (χ2v) is 8.65. The number of carbonyl (C=O) groups is 1. The average Bonchev–Trinajstić information content (AvgIpc) is 3.19. The average molecular weight is 452 g/mol. The fraction of sp³-hybridized carbons (Fsp3) is 0.529. The zero-order chi connectivity index (χ0) is 17.6. The number of carbonyl (C=O) groups excluding carboxylic acids is 1. The van der Waals surface area contributed by atoms with Gasteiger partial charge in [-0.3, -0.25) is 4.90 Å². The third-order valence-corrected chi connectivity index (χ3v) is 5.92. The van der Waals surface area contributed by atoms with E-state index >= 15 is 0 Å². The number of halogens is 1. The van der Waals surface area contributed by atoms with Crippen molar-refractivity contribution in [2.75, 3.05) is 18.0 Å². The number of nitrogens with zero attached hydrogens (tertiary/aromatic N) is 6. The normalized spacial score (nSPS) is 23.4. The standard InChI is InChI=1S/C17H21IN6O/c1-11(2)24-10-19-21-16(24)14-4-3-5-15(20-14)23-7-6-22(17(23)25)13-8-12(18)9-13/h3-5,10-13H,6-9H2,1-2H3. The number of aromatic nitrogens is 4. The van der Waals surface area contributed by atoms with E-state index in [2.05, 4.69) is 46.6 Å². The van der Waals surface area contributed by atoms with E-state index in [9.17, 15) is 4.79 Å². The minimum absolute atomic E-state index is 0.0725. The zero-order valence-corrected chi connectivity index (χ0v) is 16.5. The predicted molar refractivity (Wildman–Crippen MR) is 104 cm³/mol. The molecular weight excluding hydrogens is 431 g/mol. The lowest BCUT2D eigenvalue weighted by atomic mass is 9.92. The highest BCUT2D eigenvalue weighted by molar-refractivity contribution is 14.1. The molecule has 2 aliphatic rings. The van der Waals surface area contributed by atoms with Gasteiger partial charge in [-0.15, -0.1) is 10.2 Å². The first-order valence-electron chi connectivity index (χ1n) is 8.63. The SMILES string of the molecule is CC(C)n1cnnc1-c1cccc(N2CCN(C3CC(I)C3)C2=O)n1. The topological polar surface area (TPSA) is 67.2 Å². The first kappa shape index (κ1) is 16.7. The largest absolute Gasteiger partial charge is 0.326 e. The molecule has 0 spiro atoms. The molecule has 2 fully saturated rings. The van der Waals surface area contributed by atoms with E-state index in [0.29, 0.717) is 22.3 Å². The Morgan fingerprint density at radius 2 is 2.04 bits per heavy atom. The van der Waals surface area contributed by atoms with Gasteiger partial charge < -0.3 is 9.47 Å². The number of alkyl halides is 1. The number of anilines is 1. The lowest BCUT2D eigenvalue weighted by molar-refractivity contribution is 0.170. The van der Waals surface area contributed by atoms with E-state index in [1.807, 2.05) is 27.7 Å². The third-order valence-electron chi connectivity index (χ3n) is 4.91. The molecule has 2 amide bonds. The molecule has 1 saturated carbocycles. The maximum absolute atomic E-state index is 12.8. The molecule has 8 heteroatoms. The highest BCUT2D eigenvalue weighted by Crippen LogP contribution is 2.34. The van der Waals surface area contributed by atoms with Crippen LogP contribution in [-0.2, 0) is 0 Å². The molecule has 0 bridgehead atoms. The number of amides is 2. The van der Waals surface area contributed by atoms with Crippen LogP contribution in [0.4, 0.5) is 10.6 Å². The summed E-state index contributed by atoms with van der Waals surface area (Å²) in [6.07, 6.45) is 3.92. The van der Waals surface area contributed by atoms with E-state index < -0.39 is 0 Å². The van der Waals surface area contributed by atoms with Gasteiger partial charge in [-0.1, -0.05) is 28.7 Å². The maximum atomic E-state index is 12.8. The second-order valence-electron chi connectivity index (χ2n) is 6.89. The van der Waals surface area contributed by atoms with Crippen molar-refractivity contribution in [3.05, 3.63) is 24.5 Å². The number of pyridine rings is 1. The Balaban J connectivity index is 1.58. The summed E-state index contributed by atoms with van der Waals surface area (Å²) < 4.78 is 2.69. The number of urea groups is 1. The molecule has 0 radical (unpaired) electrons. The van der Waals surface area contributed by atoms with Gasteiger partial charge in [-0.25, -0.2) is 9.78 Å². The van der Waals surface area contributed by atoms with Crippen molar-refractivity contribution in [2.45, 2.75) is 42.7 Å². The van der Waals surface area contributed by atoms with Gasteiger partial charge >= 0.3 is 6.03 Å². The number of rotatable bonds is 4. The van der Waals surface area contributed by atoms with Crippen LogP contribution in [0, 0.1) is 0 Å². The molecule has 7 nitrogen and oxygen atoms in total. The lowest BCUT2D eigenvalue weighted by Gasteiger charge is -2.38. The highest BCUT2D eigenvalue weighted by atomic mass is 127. The van der Waals surface area contributed by atoms with Crippen LogP contribution in [0.5, 0.6) is 0 Å². The summed E-state index contributed by atoms with van der Waals surface area (Å²) in [4.78, 5) is 21.3. The molecule has 1 aliphatic carbocycles. The van der Waals surface area contributed by atoms with Crippen LogP contribution >= 0.6 is 22.6 Å². The van der Waals surface area contributed by atoms with Crippen LogP contribution in [0.3, 0.4) is 0 Å². The summed E-state index contributed by atoms with van der Waals surface area (Å²) in [6, 6.07) is 6.45. The molecule has 4 rings (SSSR count). The Bertz CT molecular complexity index is 785. The highest BCUT2D eigenvalue weighted by Gasteiger charge is 2.40. The van der Waals surface area contributed by atoms with E-state index in [4.69, 9.17) is 4.98 Å². The quantitative estimate of drug-likeness (QED) is 0.528. The summed E-state index contributed by atoms with van der Waals surface area (Å²) in [5.74, 6) is 1.42. The third kappa shape index (κ3) is 3.00. The Labute approximate surface area is 160 Å². The first-order chi connectivity index (χ1) is 12.0. The molecular formula is C17H21IN6O. The van der Waals surface area contributed by atoms with Crippen LogP contribution in [0.1, 0.15) is 32.7 Å². The van der Waals surface area contributed by atoms with Gasteiger partial charge in [0.15, 0.2) is 5.82 Å². The van der Waals surface area contributed by atoms with Crippen molar-refractivity contribution < 1.29 is 4.79 Å². The van der Waals surface area contributed by atoms with Crippen LogP contribution in [-0.4, -0.2) is 53.7 Å².